The first kappa shape index (κ1) is 13.5. The van der Waals surface area contributed by atoms with E-state index < -0.39 is 15.8 Å². The van der Waals surface area contributed by atoms with Gasteiger partial charge in [0.2, 0.25) is 10.0 Å². The third kappa shape index (κ3) is 2.91. The van der Waals surface area contributed by atoms with Gasteiger partial charge in [-0.25, -0.2) is 17.5 Å². The van der Waals surface area contributed by atoms with E-state index >= 15 is 0 Å². The molecule has 0 aliphatic rings. The zero-order valence-corrected chi connectivity index (χ0v) is 11.0. The summed E-state index contributed by atoms with van der Waals surface area (Å²) in [7, 11) is -3.74. The Kier molecular flexibility index (Phi) is 3.54. The van der Waals surface area contributed by atoms with Gasteiger partial charge in [0.05, 0.1) is 16.8 Å². The van der Waals surface area contributed by atoms with Crippen molar-refractivity contribution in [2.45, 2.75) is 18.4 Å². The van der Waals surface area contributed by atoms with Crippen molar-refractivity contribution in [3.05, 3.63) is 41.5 Å². The molecule has 19 heavy (non-hydrogen) atoms. The minimum Gasteiger partial charge on any atom is -0.396 e. The van der Waals surface area contributed by atoms with E-state index in [-0.39, 0.29) is 22.7 Å². The number of anilines is 1. The first-order chi connectivity index (χ1) is 8.90. The van der Waals surface area contributed by atoms with E-state index in [1.54, 1.807) is 6.20 Å². The van der Waals surface area contributed by atoms with Crippen LogP contribution in [0.2, 0.25) is 0 Å². The molecule has 2 aromatic rings. The van der Waals surface area contributed by atoms with Gasteiger partial charge in [-0.15, -0.1) is 0 Å². The molecule has 1 aromatic carbocycles. The summed E-state index contributed by atoms with van der Waals surface area (Å²) in [4.78, 5) is -0.0626. The summed E-state index contributed by atoms with van der Waals surface area (Å²) in [5.74, 6) is -0.603. The van der Waals surface area contributed by atoms with E-state index in [1.807, 2.05) is 0 Å². The zero-order chi connectivity index (χ0) is 14.0. The summed E-state index contributed by atoms with van der Waals surface area (Å²) in [5, 5.41) is 6.28. The number of benzene rings is 1. The summed E-state index contributed by atoms with van der Waals surface area (Å²) >= 11 is 0. The van der Waals surface area contributed by atoms with E-state index in [2.05, 4.69) is 14.9 Å². The molecule has 0 saturated heterocycles. The smallest absolute Gasteiger partial charge is 0.240 e. The molecular weight excluding hydrogens is 271 g/mol. The first-order valence-corrected chi connectivity index (χ1v) is 6.91. The van der Waals surface area contributed by atoms with Crippen LogP contribution in [0.3, 0.4) is 0 Å². The fourth-order valence-corrected chi connectivity index (χ4v) is 2.69. The van der Waals surface area contributed by atoms with E-state index in [9.17, 15) is 12.8 Å². The van der Waals surface area contributed by atoms with Gasteiger partial charge in [0.15, 0.2) is 0 Å². The lowest BCUT2D eigenvalue weighted by molar-refractivity contribution is 0.580. The van der Waals surface area contributed by atoms with E-state index in [1.165, 1.54) is 19.2 Å². The Bertz CT molecular complexity index is 660. The van der Waals surface area contributed by atoms with Crippen LogP contribution in [0.25, 0.3) is 0 Å². The van der Waals surface area contributed by atoms with Crippen LogP contribution < -0.4 is 10.5 Å². The highest BCUT2D eigenvalue weighted by Crippen LogP contribution is 2.20. The van der Waals surface area contributed by atoms with Gasteiger partial charge >= 0.3 is 0 Å². The molecule has 0 unspecified atom stereocenters. The number of nitrogens with one attached hydrogen (secondary N) is 2. The molecule has 4 N–H and O–H groups in total. The second-order valence-electron chi connectivity index (χ2n) is 4.07. The molecule has 0 bridgehead atoms. The lowest BCUT2D eigenvalue weighted by Crippen LogP contribution is -2.23. The summed E-state index contributed by atoms with van der Waals surface area (Å²) in [5.41, 5.74) is 6.11. The molecule has 0 spiro atoms. The van der Waals surface area contributed by atoms with E-state index in [0.29, 0.717) is 5.56 Å². The van der Waals surface area contributed by atoms with Crippen LogP contribution in [-0.4, -0.2) is 18.6 Å². The molecule has 1 heterocycles. The minimum absolute atomic E-state index is 0.0626. The summed E-state index contributed by atoms with van der Waals surface area (Å²) < 4.78 is 39.8. The summed E-state index contributed by atoms with van der Waals surface area (Å²) in [6, 6.07) is 2.34. The van der Waals surface area contributed by atoms with Gasteiger partial charge in [0, 0.05) is 18.3 Å². The van der Waals surface area contributed by atoms with Crippen LogP contribution in [0, 0.1) is 12.7 Å². The van der Waals surface area contributed by atoms with Crippen LogP contribution in [-0.2, 0) is 16.6 Å². The van der Waals surface area contributed by atoms with Crippen molar-refractivity contribution in [2.75, 3.05) is 5.73 Å². The number of hydrogen-bond donors (Lipinski definition) is 3. The third-order valence-electron chi connectivity index (χ3n) is 2.59. The molecular formula is C11H13FN4O2S. The van der Waals surface area contributed by atoms with Crippen molar-refractivity contribution in [1.82, 2.24) is 14.9 Å². The standard InChI is InChI=1S/C11H13FN4O2S/c1-7-2-9(3-10(13)11(7)12)19(17,18)16-6-8-4-14-15-5-8/h2-5,16H,6,13H2,1H3,(H,14,15). The molecule has 0 aliphatic carbocycles. The van der Waals surface area contributed by atoms with Crippen molar-refractivity contribution < 1.29 is 12.8 Å². The quantitative estimate of drug-likeness (QED) is 0.727. The van der Waals surface area contributed by atoms with Crippen molar-refractivity contribution in [1.29, 1.82) is 0 Å². The van der Waals surface area contributed by atoms with E-state index in [4.69, 9.17) is 5.73 Å². The molecule has 102 valence electrons. The van der Waals surface area contributed by atoms with Crippen LogP contribution in [0.5, 0.6) is 0 Å². The maximum Gasteiger partial charge on any atom is 0.240 e. The molecule has 1 aromatic heterocycles. The zero-order valence-electron chi connectivity index (χ0n) is 10.1. The van der Waals surface area contributed by atoms with Crippen LogP contribution >= 0.6 is 0 Å². The lowest BCUT2D eigenvalue weighted by Gasteiger charge is -2.08. The average Bonchev–Trinajstić information content (AvgIpc) is 2.86. The second kappa shape index (κ2) is 4.98. The van der Waals surface area contributed by atoms with E-state index in [0.717, 1.165) is 6.07 Å². The number of nitrogens with two attached hydrogens (primary N) is 1. The van der Waals surface area contributed by atoms with Crippen molar-refractivity contribution in [3.63, 3.8) is 0 Å². The molecule has 0 amide bonds. The van der Waals surface area contributed by atoms with Crippen molar-refractivity contribution in [2.24, 2.45) is 0 Å². The highest BCUT2D eigenvalue weighted by Gasteiger charge is 2.17. The van der Waals surface area contributed by atoms with Crippen LogP contribution in [0.1, 0.15) is 11.1 Å². The number of rotatable bonds is 4. The maximum absolute atomic E-state index is 13.4. The molecule has 0 fully saturated rings. The van der Waals surface area contributed by atoms with Gasteiger partial charge in [-0.2, -0.15) is 5.10 Å². The number of aryl methyl sites for hydroxylation is 1. The molecule has 0 aliphatic heterocycles. The Morgan fingerprint density at radius 1 is 1.47 bits per heavy atom. The number of hydrogen-bond acceptors (Lipinski definition) is 4. The van der Waals surface area contributed by atoms with Gasteiger partial charge in [-0.3, -0.25) is 5.10 Å². The van der Waals surface area contributed by atoms with Gasteiger partial charge in [0.1, 0.15) is 5.82 Å². The van der Waals surface area contributed by atoms with Crippen molar-refractivity contribution >= 4 is 15.7 Å². The third-order valence-corrected chi connectivity index (χ3v) is 3.97. The fraction of sp³-hybridized carbons (Fsp3) is 0.182. The van der Waals surface area contributed by atoms with Gasteiger partial charge < -0.3 is 5.73 Å². The predicted octanol–water partition coefficient (Wildman–Crippen LogP) is 0.918. The molecule has 2 rings (SSSR count). The van der Waals surface area contributed by atoms with Crippen molar-refractivity contribution in [3.8, 4) is 0 Å². The van der Waals surface area contributed by atoms with Gasteiger partial charge in [0.25, 0.3) is 0 Å². The Morgan fingerprint density at radius 2 is 2.21 bits per heavy atom. The molecule has 8 heteroatoms. The normalized spacial score (nSPS) is 11.7. The Hall–Kier alpha value is -1.93. The molecule has 0 saturated carbocycles. The predicted molar refractivity (Wildman–Crippen MR) is 68.2 cm³/mol. The highest BCUT2D eigenvalue weighted by molar-refractivity contribution is 7.89. The maximum atomic E-state index is 13.4. The van der Waals surface area contributed by atoms with Gasteiger partial charge in [-0.05, 0) is 24.6 Å². The fourth-order valence-electron chi connectivity index (χ4n) is 1.55. The monoisotopic (exact) mass is 284 g/mol. The largest absolute Gasteiger partial charge is 0.396 e. The minimum atomic E-state index is -3.74. The van der Waals surface area contributed by atoms with Gasteiger partial charge in [-0.1, -0.05) is 0 Å². The lowest BCUT2D eigenvalue weighted by atomic mass is 10.2. The Balaban J connectivity index is 2.24. The molecule has 6 nitrogen and oxygen atoms in total. The van der Waals surface area contributed by atoms with Crippen LogP contribution in [0.15, 0.2) is 29.4 Å². The van der Waals surface area contributed by atoms with Crippen LogP contribution in [0.4, 0.5) is 10.1 Å². The number of nitrogens with zero attached hydrogens (tertiary/aromatic N) is 1. The number of sulfonamides is 1. The highest BCUT2D eigenvalue weighted by atomic mass is 32.2. The first-order valence-electron chi connectivity index (χ1n) is 5.43. The SMILES string of the molecule is Cc1cc(S(=O)(=O)NCc2cn[nH]c2)cc(N)c1F. The molecule has 0 radical (unpaired) electrons. The number of nitrogen functional groups attached to an aromatic ring is 1. The second-order valence-corrected chi connectivity index (χ2v) is 5.84. The average molecular weight is 284 g/mol. The Labute approximate surface area is 109 Å². The summed E-state index contributed by atoms with van der Waals surface area (Å²) in [6.45, 7) is 1.55. The summed E-state index contributed by atoms with van der Waals surface area (Å²) in [6.07, 6.45) is 3.08. The Morgan fingerprint density at radius 3 is 2.79 bits per heavy atom. The number of halogens is 1. The topological polar surface area (TPSA) is 101 Å². The molecule has 0 atom stereocenters. The number of H-pyrrole nitrogens is 1. The number of aromatic nitrogens is 2. The number of aromatic amines is 1.